The van der Waals surface area contributed by atoms with E-state index in [0.717, 1.165) is 23.1 Å². The van der Waals surface area contributed by atoms with Crippen LogP contribution < -0.4 is 5.32 Å². The van der Waals surface area contributed by atoms with Crippen LogP contribution in [0.5, 0.6) is 0 Å². The summed E-state index contributed by atoms with van der Waals surface area (Å²) in [6.07, 6.45) is 5.27. The molecule has 0 atom stereocenters. The molecule has 2 aromatic heterocycles. The van der Waals surface area contributed by atoms with Gasteiger partial charge < -0.3 is 5.32 Å². The molecule has 2 aromatic rings. The molecule has 0 bridgehead atoms. The van der Waals surface area contributed by atoms with Crippen molar-refractivity contribution in [1.82, 2.24) is 20.1 Å². The third kappa shape index (κ3) is 2.40. The molecule has 0 saturated heterocycles. The Hall–Kier alpha value is -1.91. The van der Waals surface area contributed by atoms with Gasteiger partial charge in [0.25, 0.3) is 0 Å². The van der Waals surface area contributed by atoms with E-state index in [-0.39, 0.29) is 12.5 Å². The van der Waals surface area contributed by atoms with Crippen molar-refractivity contribution in [1.29, 1.82) is 0 Å². The van der Waals surface area contributed by atoms with Crippen LogP contribution in [-0.4, -0.2) is 27.2 Å². The maximum atomic E-state index is 11.9. The molecule has 5 heteroatoms. The van der Waals surface area contributed by atoms with E-state index < -0.39 is 0 Å². The number of rotatable bonds is 5. The predicted molar refractivity (Wildman–Crippen MR) is 77.5 cm³/mol. The molecule has 1 aliphatic carbocycles. The largest absolute Gasteiger partial charge is 0.355 e. The number of carbonyl (C=O) groups excluding carboxylic acids is 1. The second-order valence-electron chi connectivity index (χ2n) is 5.47. The minimum Gasteiger partial charge on any atom is -0.355 e. The summed E-state index contributed by atoms with van der Waals surface area (Å²) in [6, 6.07) is 2.09. The number of hydrogen-bond acceptors (Lipinski definition) is 3. The molecule has 1 N–H and O–H groups in total. The van der Waals surface area contributed by atoms with Crippen molar-refractivity contribution in [2.24, 2.45) is 0 Å². The molecule has 1 amide bonds. The lowest BCUT2D eigenvalue weighted by Crippen LogP contribution is -2.28. The standard InChI is InChI=1S/C15H20N4O/c1-3-7-16-13(20)9-19-15-14(10(2)18-19)12(6-8-17-15)11-4-5-11/h6,8,11H,3-5,7,9H2,1-2H3,(H,16,20). The number of fused-ring (bicyclic) bond motifs is 1. The zero-order valence-electron chi connectivity index (χ0n) is 12.0. The van der Waals surface area contributed by atoms with Gasteiger partial charge in [-0.15, -0.1) is 0 Å². The van der Waals surface area contributed by atoms with E-state index in [1.165, 1.54) is 18.4 Å². The maximum absolute atomic E-state index is 11.9. The third-order valence-electron chi connectivity index (χ3n) is 3.72. The Morgan fingerprint density at radius 2 is 2.30 bits per heavy atom. The van der Waals surface area contributed by atoms with Gasteiger partial charge in [0.1, 0.15) is 6.54 Å². The highest BCUT2D eigenvalue weighted by atomic mass is 16.2. The number of hydrogen-bond donors (Lipinski definition) is 1. The van der Waals surface area contributed by atoms with Crippen LogP contribution >= 0.6 is 0 Å². The van der Waals surface area contributed by atoms with Gasteiger partial charge in [-0.25, -0.2) is 9.67 Å². The highest BCUT2D eigenvalue weighted by Gasteiger charge is 2.27. The molecule has 0 aromatic carbocycles. The monoisotopic (exact) mass is 272 g/mol. The molecule has 0 aliphatic heterocycles. The Kier molecular flexibility index (Phi) is 3.42. The Morgan fingerprint density at radius 1 is 1.50 bits per heavy atom. The topological polar surface area (TPSA) is 59.8 Å². The molecule has 2 heterocycles. The summed E-state index contributed by atoms with van der Waals surface area (Å²) in [5, 5.41) is 8.52. The molecule has 0 unspecified atom stereocenters. The van der Waals surface area contributed by atoms with Crippen molar-refractivity contribution in [3.8, 4) is 0 Å². The molecule has 106 valence electrons. The van der Waals surface area contributed by atoms with Gasteiger partial charge in [-0.1, -0.05) is 6.92 Å². The van der Waals surface area contributed by atoms with Crippen LogP contribution in [0.25, 0.3) is 11.0 Å². The van der Waals surface area contributed by atoms with E-state index in [1.807, 2.05) is 20.0 Å². The van der Waals surface area contributed by atoms with E-state index in [9.17, 15) is 4.79 Å². The molecule has 1 fully saturated rings. The summed E-state index contributed by atoms with van der Waals surface area (Å²) in [5.74, 6) is 0.653. The minimum atomic E-state index is -0.00475. The second-order valence-corrected chi connectivity index (χ2v) is 5.47. The number of pyridine rings is 1. The van der Waals surface area contributed by atoms with E-state index in [4.69, 9.17) is 0 Å². The van der Waals surface area contributed by atoms with Crippen LogP contribution in [0.3, 0.4) is 0 Å². The van der Waals surface area contributed by atoms with Crippen molar-refractivity contribution >= 4 is 16.9 Å². The van der Waals surface area contributed by atoms with Gasteiger partial charge in [0, 0.05) is 18.1 Å². The van der Waals surface area contributed by atoms with Gasteiger partial charge in [-0.3, -0.25) is 4.79 Å². The third-order valence-corrected chi connectivity index (χ3v) is 3.72. The Bertz CT molecular complexity index is 643. The second kappa shape index (κ2) is 5.23. The number of nitrogens with zero attached hydrogens (tertiary/aromatic N) is 3. The zero-order chi connectivity index (χ0) is 14.1. The predicted octanol–water partition coefficient (Wildman–Crippen LogP) is 2.14. The van der Waals surface area contributed by atoms with Gasteiger partial charge in [0.2, 0.25) is 5.91 Å². The molecule has 20 heavy (non-hydrogen) atoms. The van der Waals surface area contributed by atoms with Crippen molar-refractivity contribution in [2.75, 3.05) is 6.54 Å². The van der Waals surface area contributed by atoms with Gasteiger partial charge in [0.15, 0.2) is 5.65 Å². The van der Waals surface area contributed by atoms with Crippen LogP contribution in [0.1, 0.15) is 43.4 Å². The lowest BCUT2D eigenvalue weighted by Gasteiger charge is -2.05. The van der Waals surface area contributed by atoms with Gasteiger partial charge in [0.05, 0.1) is 5.69 Å². The summed E-state index contributed by atoms with van der Waals surface area (Å²) < 4.78 is 1.72. The fourth-order valence-corrected chi connectivity index (χ4v) is 2.61. The van der Waals surface area contributed by atoms with E-state index in [2.05, 4.69) is 21.5 Å². The quantitative estimate of drug-likeness (QED) is 0.907. The van der Waals surface area contributed by atoms with Crippen LogP contribution in [0.2, 0.25) is 0 Å². The maximum Gasteiger partial charge on any atom is 0.241 e. The molecular weight excluding hydrogens is 252 g/mol. The molecule has 5 nitrogen and oxygen atoms in total. The van der Waals surface area contributed by atoms with Crippen LogP contribution in [0, 0.1) is 6.92 Å². The van der Waals surface area contributed by atoms with E-state index in [1.54, 1.807) is 4.68 Å². The van der Waals surface area contributed by atoms with Gasteiger partial charge in [-0.05, 0) is 43.7 Å². The Labute approximate surface area is 118 Å². The summed E-state index contributed by atoms with van der Waals surface area (Å²) in [5.41, 5.74) is 3.14. The zero-order valence-corrected chi connectivity index (χ0v) is 12.0. The van der Waals surface area contributed by atoms with Crippen molar-refractivity contribution < 1.29 is 4.79 Å². The first-order valence-electron chi connectivity index (χ1n) is 7.29. The van der Waals surface area contributed by atoms with Crippen LogP contribution in [0.15, 0.2) is 12.3 Å². The van der Waals surface area contributed by atoms with Crippen molar-refractivity contribution in [2.45, 2.75) is 45.6 Å². The Balaban J connectivity index is 1.92. The normalized spacial score (nSPS) is 14.7. The molecule has 1 saturated carbocycles. The first kappa shape index (κ1) is 13.1. The number of carbonyl (C=O) groups is 1. The first-order valence-corrected chi connectivity index (χ1v) is 7.29. The average molecular weight is 272 g/mol. The summed E-state index contributed by atoms with van der Waals surface area (Å²) in [4.78, 5) is 16.3. The van der Waals surface area contributed by atoms with Gasteiger partial charge in [-0.2, -0.15) is 5.10 Å². The van der Waals surface area contributed by atoms with Crippen LogP contribution in [0.4, 0.5) is 0 Å². The smallest absolute Gasteiger partial charge is 0.241 e. The van der Waals surface area contributed by atoms with Crippen molar-refractivity contribution in [3.63, 3.8) is 0 Å². The molecule has 0 spiro atoms. The number of aromatic nitrogens is 3. The van der Waals surface area contributed by atoms with Gasteiger partial charge >= 0.3 is 0 Å². The molecular formula is C15H20N4O. The number of nitrogens with one attached hydrogen (secondary N) is 1. The SMILES string of the molecule is CCCNC(=O)Cn1nc(C)c2c(C3CC3)ccnc21. The summed E-state index contributed by atoms with van der Waals surface area (Å²) in [6.45, 7) is 4.98. The fourth-order valence-electron chi connectivity index (χ4n) is 2.61. The lowest BCUT2D eigenvalue weighted by atomic mass is 10.1. The molecule has 0 radical (unpaired) electrons. The molecule has 1 aliphatic rings. The Morgan fingerprint density at radius 3 is 3.00 bits per heavy atom. The highest BCUT2D eigenvalue weighted by Crippen LogP contribution is 2.43. The number of amides is 1. The highest BCUT2D eigenvalue weighted by molar-refractivity contribution is 5.84. The summed E-state index contributed by atoms with van der Waals surface area (Å²) in [7, 11) is 0. The van der Waals surface area contributed by atoms with E-state index in [0.29, 0.717) is 12.5 Å². The fraction of sp³-hybridized carbons (Fsp3) is 0.533. The lowest BCUT2D eigenvalue weighted by molar-refractivity contribution is -0.121. The van der Waals surface area contributed by atoms with E-state index >= 15 is 0 Å². The van der Waals surface area contributed by atoms with Crippen molar-refractivity contribution in [3.05, 3.63) is 23.5 Å². The van der Waals surface area contributed by atoms with Crippen LogP contribution in [-0.2, 0) is 11.3 Å². The number of aryl methyl sites for hydroxylation is 1. The average Bonchev–Trinajstić information content (AvgIpc) is 3.23. The first-order chi connectivity index (χ1) is 9.70. The minimum absolute atomic E-state index is 0.00475. The summed E-state index contributed by atoms with van der Waals surface area (Å²) >= 11 is 0. The molecule has 3 rings (SSSR count).